The number of pyridine rings is 1. The molecule has 0 aliphatic heterocycles. The number of hydrogen-bond donors (Lipinski definition) is 1. The van der Waals surface area contributed by atoms with Crippen LogP contribution >= 0.6 is 0 Å². The molecule has 3 aromatic rings. The van der Waals surface area contributed by atoms with E-state index in [-0.39, 0.29) is 18.3 Å². The Morgan fingerprint density at radius 1 is 1.29 bits per heavy atom. The van der Waals surface area contributed by atoms with E-state index in [0.29, 0.717) is 16.6 Å². The van der Waals surface area contributed by atoms with Gasteiger partial charge in [0.2, 0.25) is 5.88 Å². The SMILES string of the molecule is CCOC(=O)Oc1c(Nc2ccncc2)c2cc(F)ccc2n1C. The van der Waals surface area contributed by atoms with Crippen molar-refractivity contribution >= 4 is 28.4 Å². The molecule has 3 rings (SSSR count). The standard InChI is InChI=1S/C17H16FN3O3/c1-3-23-17(22)24-16-15(20-12-6-8-19-9-7-12)13-10-11(18)4-5-14(13)21(16)2/h4-10H,3H2,1-2H3,(H,19,20). The highest BCUT2D eigenvalue weighted by Crippen LogP contribution is 2.38. The van der Waals surface area contributed by atoms with Gasteiger partial charge in [0.25, 0.3) is 0 Å². The molecule has 0 aliphatic carbocycles. The molecular formula is C17H16FN3O3. The van der Waals surface area contributed by atoms with Crippen LogP contribution in [-0.2, 0) is 11.8 Å². The fraction of sp³-hybridized carbons (Fsp3) is 0.176. The van der Waals surface area contributed by atoms with Crippen LogP contribution in [0.15, 0.2) is 42.7 Å². The summed E-state index contributed by atoms with van der Waals surface area (Å²) in [6.45, 7) is 1.89. The molecule has 124 valence electrons. The molecule has 0 unspecified atom stereocenters. The average molecular weight is 329 g/mol. The number of ether oxygens (including phenoxy) is 2. The summed E-state index contributed by atoms with van der Waals surface area (Å²) in [6, 6.07) is 7.88. The van der Waals surface area contributed by atoms with Crippen LogP contribution in [-0.4, -0.2) is 22.3 Å². The van der Waals surface area contributed by atoms with Crippen molar-refractivity contribution in [2.24, 2.45) is 7.05 Å². The minimum atomic E-state index is -0.818. The first kappa shape index (κ1) is 15.8. The second-order valence-electron chi connectivity index (χ2n) is 5.05. The van der Waals surface area contributed by atoms with Crippen molar-refractivity contribution in [3.05, 3.63) is 48.5 Å². The number of benzene rings is 1. The van der Waals surface area contributed by atoms with Crippen molar-refractivity contribution < 1.29 is 18.7 Å². The normalized spacial score (nSPS) is 10.6. The molecule has 2 heterocycles. The minimum Gasteiger partial charge on any atom is -0.434 e. The Morgan fingerprint density at radius 2 is 2.04 bits per heavy atom. The molecule has 0 fully saturated rings. The van der Waals surface area contributed by atoms with Gasteiger partial charge in [0.1, 0.15) is 11.5 Å². The van der Waals surface area contributed by atoms with E-state index in [9.17, 15) is 9.18 Å². The first-order valence-corrected chi connectivity index (χ1v) is 7.39. The lowest BCUT2D eigenvalue weighted by Gasteiger charge is -2.10. The lowest BCUT2D eigenvalue weighted by Crippen LogP contribution is -2.13. The summed E-state index contributed by atoms with van der Waals surface area (Å²) in [5.41, 5.74) is 1.92. The highest BCUT2D eigenvalue weighted by atomic mass is 19.1. The van der Waals surface area contributed by atoms with E-state index in [1.807, 2.05) is 0 Å². The molecule has 1 aromatic carbocycles. The number of hydrogen-bond acceptors (Lipinski definition) is 5. The fourth-order valence-corrected chi connectivity index (χ4v) is 2.44. The Morgan fingerprint density at radius 3 is 2.75 bits per heavy atom. The van der Waals surface area contributed by atoms with Crippen molar-refractivity contribution in [3.63, 3.8) is 0 Å². The first-order chi connectivity index (χ1) is 11.6. The molecule has 0 aliphatic rings. The van der Waals surface area contributed by atoms with Gasteiger partial charge in [-0.1, -0.05) is 0 Å². The monoisotopic (exact) mass is 329 g/mol. The zero-order valence-corrected chi connectivity index (χ0v) is 13.2. The predicted octanol–water partition coefficient (Wildman–Crippen LogP) is 3.99. The summed E-state index contributed by atoms with van der Waals surface area (Å²) in [6.07, 6.45) is 2.43. The number of nitrogens with one attached hydrogen (secondary N) is 1. The third-order valence-electron chi connectivity index (χ3n) is 3.50. The number of aromatic nitrogens is 2. The highest BCUT2D eigenvalue weighted by Gasteiger charge is 2.20. The number of halogens is 1. The Kier molecular flexibility index (Phi) is 4.33. The number of carbonyl (C=O) groups excluding carboxylic acids is 1. The molecule has 0 radical (unpaired) electrons. The Hall–Kier alpha value is -3.09. The molecule has 0 atom stereocenters. The molecule has 0 bridgehead atoms. The zero-order valence-electron chi connectivity index (χ0n) is 13.2. The van der Waals surface area contributed by atoms with Crippen molar-refractivity contribution in [3.8, 4) is 5.88 Å². The van der Waals surface area contributed by atoms with Crippen LogP contribution in [0, 0.1) is 5.82 Å². The third-order valence-corrected chi connectivity index (χ3v) is 3.50. The summed E-state index contributed by atoms with van der Waals surface area (Å²) >= 11 is 0. The van der Waals surface area contributed by atoms with E-state index in [2.05, 4.69) is 10.3 Å². The van der Waals surface area contributed by atoms with Crippen LogP contribution in [0.4, 0.5) is 20.6 Å². The van der Waals surface area contributed by atoms with Gasteiger partial charge in [0, 0.05) is 30.5 Å². The van der Waals surface area contributed by atoms with Gasteiger partial charge in [-0.15, -0.1) is 0 Å². The van der Waals surface area contributed by atoms with E-state index >= 15 is 0 Å². The van der Waals surface area contributed by atoms with Crippen LogP contribution in [0.25, 0.3) is 10.9 Å². The third kappa shape index (κ3) is 3.01. The number of anilines is 2. The van der Waals surface area contributed by atoms with Crippen LogP contribution in [0.3, 0.4) is 0 Å². The summed E-state index contributed by atoms with van der Waals surface area (Å²) in [7, 11) is 1.73. The lowest BCUT2D eigenvalue weighted by atomic mass is 10.2. The maximum absolute atomic E-state index is 13.7. The van der Waals surface area contributed by atoms with E-state index in [4.69, 9.17) is 9.47 Å². The summed E-state index contributed by atoms with van der Waals surface area (Å²) in [4.78, 5) is 15.7. The van der Waals surface area contributed by atoms with Crippen LogP contribution < -0.4 is 10.1 Å². The molecule has 0 spiro atoms. The Bertz CT molecular complexity index is 878. The molecule has 0 saturated heterocycles. The second kappa shape index (κ2) is 6.57. The van der Waals surface area contributed by atoms with Gasteiger partial charge in [-0.05, 0) is 37.3 Å². The highest BCUT2D eigenvalue weighted by molar-refractivity contribution is 5.99. The van der Waals surface area contributed by atoms with Gasteiger partial charge in [0.05, 0.1) is 12.1 Å². The quantitative estimate of drug-likeness (QED) is 0.733. The summed E-state index contributed by atoms with van der Waals surface area (Å²) < 4.78 is 25.5. The predicted molar refractivity (Wildman–Crippen MR) is 88.0 cm³/mol. The van der Waals surface area contributed by atoms with Crippen LogP contribution in [0.5, 0.6) is 5.88 Å². The smallest absolute Gasteiger partial charge is 0.434 e. The maximum atomic E-state index is 13.7. The van der Waals surface area contributed by atoms with E-state index in [0.717, 1.165) is 5.69 Å². The fourth-order valence-electron chi connectivity index (χ4n) is 2.44. The molecule has 2 aromatic heterocycles. The molecule has 0 saturated carbocycles. The summed E-state index contributed by atoms with van der Waals surface area (Å²) in [5, 5.41) is 3.74. The molecular weight excluding hydrogens is 313 g/mol. The van der Waals surface area contributed by atoms with E-state index in [1.54, 1.807) is 49.1 Å². The molecule has 24 heavy (non-hydrogen) atoms. The number of aryl methyl sites for hydroxylation is 1. The number of fused-ring (bicyclic) bond motifs is 1. The molecule has 6 nitrogen and oxygen atoms in total. The van der Waals surface area contributed by atoms with Crippen molar-refractivity contribution in [2.45, 2.75) is 6.92 Å². The zero-order chi connectivity index (χ0) is 17.1. The lowest BCUT2D eigenvalue weighted by molar-refractivity contribution is 0.102. The van der Waals surface area contributed by atoms with Crippen molar-refractivity contribution in [1.82, 2.24) is 9.55 Å². The minimum absolute atomic E-state index is 0.199. The second-order valence-corrected chi connectivity index (χ2v) is 5.05. The van der Waals surface area contributed by atoms with E-state index in [1.165, 1.54) is 12.1 Å². The van der Waals surface area contributed by atoms with Gasteiger partial charge in [-0.3, -0.25) is 4.98 Å². The van der Waals surface area contributed by atoms with Crippen molar-refractivity contribution in [2.75, 3.05) is 11.9 Å². The van der Waals surface area contributed by atoms with E-state index < -0.39 is 6.16 Å². The molecule has 0 amide bonds. The van der Waals surface area contributed by atoms with Crippen molar-refractivity contribution in [1.29, 1.82) is 0 Å². The summed E-state index contributed by atoms with van der Waals surface area (Å²) in [5.74, 6) is -0.139. The van der Waals surface area contributed by atoms with Crippen LogP contribution in [0.1, 0.15) is 6.92 Å². The average Bonchev–Trinajstić information content (AvgIpc) is 2.81. The van der Waals surface area contributed by atoms with Gasteiger partial charge >= 0.3 is 6.16 Å². The Balaban J connectivity index is 2.11. The van der Waals surface area contributed by atoms with Gasteiger partial charge in [-0.2, -0.15) is 0 Å². The molecule has 7 heteroatoms. The number of carbonyl (C=O) groups is 1. The topological polar surface area (TPSA) is 65.4 Å². The number of nitrogens with zero attached hydrogens (tertiary/aromatic N) is 2. The first-order valence-electron chi connectivity index (χ1n) is 7.39. The molecule has 1 N–H and O–H groups in total. The van der Waals surface area contributed by atoms with Gasteiger partial charge < -0.3 is 19.4 Å². The van der Waals surface area contributed by atoms with Crippen LogP contribution in [0.2, 0.25) is 0 Å². The largest absolute Gasteiger partial charge is 0.515 e. The number of rotatable bonds is 4. The van der Waals surface area contributed by atoms with Gasteiger partial charge in [0.15, 0.2) is 0 Å². The Labute approximate surface area is 137 Å². The maximum Gasteiger partial charge on any atom is 0.515 e. The van der Waals surface area contributed by atoms with Gasteiger partial charge in [-0.25, -0.2) is 9.18 Å².